The van der Waals surface area contributed by atoms with Crippen molar-refractivity contribution in [1.82, 2.24) is 0 Å². The van der Waals surface area contributed by atoms with Crippen molar-refractivity contribution in [3.8, 4) is 5.75 Å². The average molecular weight is 355 g/mol. The predicted molar refractivity (Wildman–Crippen MR) is 112 cm³/mol. The molecule has 142 valence electrons. The highest BCUT2D eigenvalue weighted by molar-refractivity contribution is 6.00. The van der Waals surface area contributed by atoms with Gasteiger partial charge in [-0.15, -0.1) is 6.58 Å². The molecule has 1 N–H and O–H groups in total. The van der Waals surface area contributed by atoms with Gasteiger partial charge in [0.25, 0.3) is 0 Å². The van der Waals surface area contributed by atoms with Crippen LogP contribution in [-0.2, 0) is 0 Å². The molecule has 0 aliphatic rings. The lowest BCUT2D eigenvalue weighted by atomic mass is 9.79. The van der Waals surface area contributed by atoms with E-state index in [2.05, 4.69) is 46.4 Å². The fourth-order valence-electron chi connectivity index (χ4n) is 3.07. The Morgan fingerprint density at radius 3 is 2.46 bits per heavy atom. The van der Waals surface area contributed by atoms with Crippen molar-refractivity contribution in [2.24, 2.45) is 5.41 Å². The number of Topliss-reactive ketones (excluding diaryl/α,β-unsaturated/α-hetero) is 1. The van der Waals surface area contributed by atoms with Crippen molar-refractivity contribution in [2.75, 3.05) is 0 Å². The monoisotopic (exact) mass is 354 g/mol. The van der Waals surface area contributed by atoms with Gasteiger partial charge in [0, 0.05) is 6.42 Å². The van der Waals surface area contributed by atoms with E-state index in [9.17, 15) is 9.90 Å². The number of rotatable bonds is 10. The summed E-state index contributed by atoms with van der Waals surface area (Å²) in [5.74, 6) is 0.0451. The number of hydrogen-bond donors (Lipinski definition) is 1. The van der Waals surface area contributed by atoms with E-state index in [1.54, 1.807) is 12.1 Å². The van der Waals surface area contributed by atoms with Crippen LogP contribution in [-0.4, -0.2) is 10.9 Å². The van der Waals surface area contributed by atoms with Gasteiger partial charge in [0.05, 0.1) is 5.56 Å². The van der Waals surface area contributed by atoms with E-state index in [0.717, 1.165) is 31.2 Å². The van der Waals surface area contributed by atoms with Gasteiger partial charge in [-0.05, 0) is 70.4 Å². The van der Waals surface area contributed by atoms with Gasteiger partial charge in [-0.1, -0.05) is 48.4 Å². The minimum absolute atomic E-state index is 0.0211. The maximum absolute atomic E-state index is 12.7. The highest BCUT2D eigenvalue weighted by atomic mass is 16.3. The Hall–Kier alpha value is -2.09. The fourth-order valence-corrected chi connectivity index (χ4v) is 3.07. The van der Waals surface area contributed by atoms with Crippen LogP contribution in [0.15, 0.2) is 54.2 Å². The topological polar surface area (TPSA) is 37.3 Å². The van der Waals surface area contributed by atoms with Crippen molar-refractivity contribution < 1.29 is 9.90 Å². The molecule has 1 aromatic carbocycles. The van der Waals surface area contributed by atoms with Crippen LogP contribution in [0.2, 0.25) is 0 Å². The lowest BCUT2D eigenvalue weighted by molar-refractivity contribution is 0.0937. The van der Waals surface area contributed by atoms with Gasteiger partial charge in [-0.3, -0.25) is 4.79 Å². The lowest BCUT2D eigenvalue weighted by Gasteiger charge is -2.25. The van der Waals surface area contributed by atoms with Crippen LogP contribution in [0.5, 0.6) is 5.75 Å². The number of phenols is 1. The third kappa shape index (κ3) is 7.03. The molecule has 0 spiro atoms. The number of carbonyl (C=O) groups excluding carboxylic acids is 1. The highest BCUT2D eigenvalue weighted by Gasteiger charge is 2.26. The molecule has 0 saturated carbocycles. The Morgan fingerprint density at radius 2 is 1.88 bits per heavy atom. The zero-order valence-corrected chi connectivity index (χ0v) is 17.1. The van der Waals surface area contributed by atoms with E-state index in [0.29, 0.717) is 12.0 Å². The minimum Gasteiger partial charge on any atom is -0.507 e. The van der Waals surface area contributed by atoms with E-state index < -0.39 is 0 Å². The Morgan fingerprint density at radius 1 is 1.19 bits per heavy atom. The molecule has 0 heterocycles. The number of aromatic hydroxyl groups is 1. The third-order valence-electron chi connectivity index (χ3n) is 4.89. The molecule has 0 aliphatic carbocycles. The molecule has 1 atom stereocenters. The zero-order valence-electron chi connectivity index (χ0n) is 17.1. The minimum atomic E-state index is -0.275. The fraction of sp³-hybridized carbons (Fsp3) is 0.458. The molecule has 0 radical (unpaired) electrons. The molecular weight excluding hydrogens is 320 g/mol. The van der Waals surface area contributed by atoms with Gasteiger partial charge in [-0.2, -0.15) is 0 Å². The summed E-state index contributed by atoms with van der Waals surface area (Å²) in [4.78, 5) is 12.7. The Labute approximate surface area is 159 Å². The largest absolute Gasteiger partial charge is 0.507 e. The van der Waals surface area contributed by atoms with E-state index in [4.69, 9.17) is 0 Å². The molecule has 0 amide bonds. The molecule has 2 nitrogen and oxygen atoms in total. The third-order valence-corrected chi connectivity index (χ3v) is 4.89. The molecule has 1 unspecified atom stereocenters. The van der Waals surface area contributed by atoms with E-state index >= 15 is 0 Å². The smallest absolute Gasteiger partial charge is 0.167 e. The van der Waals surface area contributed by atoms with E-state index in [1.807, 2.05) is 19.1 Å². The standard InChI is InChI=1S/C24H34O2/c1-7-24(6,16-10-13-19(4)12-8-11-18(2)3)17-22(26)23-20(5)14-9-15-21(23)25/h7,9,11,13-15,25H,1,8,10,12,16-17H2,2-6H3. The molecule has 26 heavy (non-hydrogen) atoms. The van der Waals surface area contributed by atoms with Gasteiger partial charge < -0.3 is 5.11 Å². The summed E-state index contributed by atoms with van der Waals surface area (Å²) < 4.78 is 0. The number of ketones is 1. The molecule has 1 aromatic rings. The number of phenolic OH excluding ortho intramolecular Hbond substituents is 1. The second kappa shape index (κ2) is 10.2. The lowest BCUT2D eigenvalue weighted by Crippen LogP contribution is -2.19. The van der Waals surface area contributed by atoms with Gasteiger partial charge in [-0.25, -0.2) is 0 Å². The first-order valence-electron chi connectivity index (χ1n) is 9.43. The van der Waals surface area contributed by atoms with Crippen molar-refractivity contribution in [3.63, 3.8) is 0 Å². The summed E-state index contributed by atoms with van der Waals surface area (Å²) in [6, 6.07) is 5.19. The summed E-state index contributed by atoms with van der Waals surface area (Å²) in [5.41, 5.74) is 3.72. The summed E-state index contributed by atoms with van der Waals surface area (Å²) in [7, 11) is 0. The maximum atomic E-state index is 12.7. The van der Waals surface area contributed by atoms with Crippen LogP contribution < -0.4 is 0 Å². The van der Waals surface area contributed by atoms with Crippen LogP contribution in [0, 0.1) is 12.3 Å². The second-order valence-electron chi connectivity index (χ2n) is 7.84. The summed E-state index contributed by atoms with van der Waals surface area (Å²) in [5, 5.41) is 10.0. The van der Waals surface area contributed by atoms with Crippen molar-refractivity contribution in [3.05, 3.63) is 65.3 Å². The highest BCUT2D eigenvalue weighted by Crippen LogP contribution is 2.33. The predicted octanol–water partition coefficient (Wildman–Crippen LogP) is 6.94. The van der Waals surface area contributed by atoms with Crippen molar-refractivity contribution in [1.29, 1.82) is 0 Å². The SMILES string of the molecule is C=CC(C)(CCC=C(C)CCC=C(C)C)CC(=O)c1c(C)cccc1O. The second-order valence-corrected chi connectivity index (χ2v) is 7.84. The van der Waals surface area contributed by atoms with Crippen LogP contribution in [0.3, 0.4) is 0 Å². The molecule has 0 saturated heterocycles. The number of carbonyl (C=O) groups is 1. The molecule has 0 aromatic heterocycles. The number of hydrogen-bond acceptors (Lipinski definition) is 2. The van der Waals surface area contributed by atoms with Crippen LogP contribution in [0.25, 0.3) is 0 Å². The Kier molecular flexibility index (Phi) is 8.57. The van der Waals surface area contributed by atoms with Gasteiger partial charge in [0.15, 0.2) is 5.78 Å². The van der Waals surface area contributed by atoms with Crippen LogP contribution >= 0.6 is 0 Å². The van der Waals surface area contributed by atoms with Crippen LogP contribution in [0.1, 0.15) is 75.7 Å². The maximum Gasteiger partial charge on any atom is 0.167 e. The molecule has 2 heteroatoms. The van der Waals surface area contributed by atoms with Gasteiger partial charge in [0.2, 0.25) is 0 Å². The molecule has 1 rings (SSSR count). The molecular formula is C24H34O2. The first-order chi connectivity index (χ1) is 12.2. The van der Waals surface area contributed by atoms with Gasteiger partial charge in [0.1, 0.15) is 5.75 Å². The van der Waals surface area contributed by atoms with Crippen molar-refractivity contribution in [2.45, 2.75) is 66.7 Å². The zero-order chi connectivity index (χ0) is 19.7. The quantitative estimate of drug-likeness (QED) is 0.365. The van der Waals surface area contributed by atoms with E-state index in [1.165, 1.54) is 11.1 Å². The van der Waals surface area contributed by atoms with Crippen LogP contribution in [0.4, 0.5) is 0 Å². The number of benzene rings is 1. The molecule has 0 aliphatic heterocycles. The summed E-state index contributed by atoms with van der Waals surface area (Å²) in [6.07, 6.45) is 10.7. The Bertz CT molecular complexity index is 670. The van der Waals surface area contributed by atoms with Crippen molar-refractivity contribution >= 4 is 5.78 Å². The summed E-state index contributed by atoms with van der Waals surface area (Å²) in [6.45, 7) is 14.3. The van der Waals surface area contributed by atoms with E-state index in [-0.39, 0.29) is 16.9 Å². The number of aryl methyl sites for hydroxylation is 1. The van der Waals surface area contributed by atoms with Gasteiger partial charge >= 0.3 is 0 Å². The molecule has 0 fully saturated rings. The molecule has 0 bridgehead atoms. The summed E-state index contributed by atoms with van der Waals surface area (Å²) >= 11 is 0. The Balaban J connectivity index is 2.69. The average Bonchev–Trinajstić information content (AvgIpc) is 2.54. The first kappa shape index (κ1) is 22.0. The normalized spacial score (nSPS) is 13.8. The first-order valence-corrected chi connectivity index (χ1v) is 9.43. The number of allylic oxidation sites excluding steroid dienone is 5.